The zero-order valence-corrected chi connectivity index (χ0v) is 14.3. The molecule has 0 saturated heterocycles. The molecular formula is C19H21NO5. The lowest BCUT2D eigenvalue weighted by atomic mass is 10.2. The normalized spacial score (nSPS) is 10.2. The van der Waals surface area contributed by atoms with Crippen molar-refractivity contribution in [2.75, 3.05) is 20.3 Å². The van der Waals surface area contributed by atoms with Crippen LogP contribution < -0.4 is 4.74 Å². The second kappa shape index (κ2) is 8.73. The van der Waals surface area contributed by atoms with Gasteiger partial charge < -0.3 is 19.5 Å². The molecule has 0 unspecified atom stereocenters. The van der Waals surface area contributed by atoms with Crippen molar-refractivity contribution in [3.63, 3.8) is 0 Å². The van der Waals surface area contributed by atoms with Gasteiger partial charge in [0.1, 0.15) is 17.1 Å². The number of rotatable bonds is 7. The van der Waals surface area contributed by atoms with Crippen molar-refractivity contribution in [2.24, 2.45) is 0 Å². The average Bonchev–Trinajstić information content (AvgIpc) is 2.65. The van der Waals surface area contributed by atoms with Crippen molar-refractivity contribution in [2.45, 2.75) is 13.5 Å². The van der Waals surface area contributed by atoms with Crippen LogP contribution in [0, 0.1) is 0 Å². The van der Waals surface area contributed by atoms with E-state index in [1.807, 2.05) is 37.3 Å². The third-order valence-corrected chi connectivity index (χ3v) is 3.70. The van der Waals surface area contributed by atoms with Gasteiger partial charge in [0.15, 0.2) is 6.61 Å². The Bertz CT molecular complexity index is 730. The van der Waals surface area contributed by atoms with Crippen LogP contribution in [0.4, 0.5) is 0 Å². The SMILES string of the molecule is CCN(Cc1ccccc1)C(=O)COC(=O)c1cc(OC)ccc1O. The van der Waals surface area contributed by atoms with Crippen LogP contribution in [0.1, 0.15) is 22.8 Å². The summed E-state index contributed by atoms with van der Waals surface area (Å²) in [7, 11) is 1.45. The maximum Gasteiger partial charge on any atom is 0.342 e. The number of carbonyl (C=O) groups is 2. The van der Waals surface area contributed by atoms with Crippen LogP contribution in [0.15, 0.2) is 48.5 Å². The van der Waals surface area contributed by atoms with Crippen molar-refractivity contribution < 1.29 is 24.2 Å². The van der Waals surface area contributed by atoms with Crippen LogP contribution in [0.25, 0.3) is 0 Å². The monoisotopic (exact) mass is 343 g/mol. The predicted molar refractivity (Wildman–Crippen MR) is 92.5 cm³/mol. The fourth-order valence-electron chi connectivity index (χ4n) is 2.28. The van der Waals surface area contributed by atoms with Gasteiger partial charge in [-0.3, -0.25) is 4.79 Å². The maximum atomic E-state index is 12.3. The number of benzene rings is 2. The lowest BCUT2D eigenvalue weighted by Crippen LogP contribution is -2.34. The first kappa shape index (κ1) is 18.3. The number of methoxy groups -OCH3 is 1. The Balaban J connectivity index is 1.97. The summed E-state index contributed by atoms with van der Waals surface area (Å²) in [6.07, 6.45) is 0. The van der Waals surface area contributed by atoms with E-state index in [0.717, 1.165) is 5.56 Å². The van der Waals surface area contributed by atoms with Gasteiger partial charge in [-0.2, -0.15) is 0 Å². The largest absolute Gasteiger partial charge is 0.507 e. The number of ether oxygens (including phenoxy) is 2. The number of aromatic hydroxyl groups is 1. The number of hydrogen-bond donors (Lipinski definition) is 1. The summed E-state index contributed by atoms with van der Waals surface area (Å²) in [5.74, 6) is -0.896. The molecule has 2 aromatic carbocycles. The van der Waals surface area contributed by atoms with Crippen LogP contribution in [-0.4, -0.2) is 42.1 Å². The van der Waals surface area contributed by atoms with Gasteiger partial charge in [-0.15, -0.1) is 0 Å². The Morgan fingerprint density at radius 2 is 1.84 bits per heavy atom. The summed E-state index contributed by atoms with van der Waals surface area (Å²) in [5, 5.41) is 9.76. The molecule has 25 heavy (non-hydrogen) atoms. The van der Waals surface area contributed by atoms with Gasteiger partial charge >= 0.3 is 5.97 Å². The minimum absolute atomic E-state index is 0.0433. The highest BCUT2D eigenvalue weighted by molar-refractivity contribution is 5.94. The topological polar surface area (TPSA) is 76.1 Å². The van der Waals surface area contributed by atoms with Crippen LogP contribution in [0.5, 0.6) is 11.5 Å². The Morgan fingerprint density at radius 3 is 2.48 bits per heavy atom. The Labute approximate surface area is 146 Å². The van der Waals surface area contributed by atoms with Crippen molar-refractivity contribution >= 4 is 11.9 Å². The van der Waals surface area contributed by atoms with E-state index in [-0.39, 0.29) is 17.2 Å². The molecule has 0 saturated carbocycles. The molecule has 2 aromatic rings. The summed E-state index contributed by atoms with van der Waals surface area (Å²) in [6, 6.07) is 13.8. The molecule has 0 aliphatic carbocycles. The van der Waals surface area contributed by atoms with Crippen molar-refractivity contribution in [3.05, 3.63) is 59.7 Å². The van der Waals surface area contributed by atoms with Crippen molar-refractivity contribution in [1.29, 1.82) is 0 Å². The quantitative estimate of drug-likeness (QED) is 0.782. The van der Waals surface area contributed by atoms with Crippen LogP contribution in [-0.2, 0) is 16.1 Å². The van der Waals surface area contributed by atoms with Crippen LogP contribution in [0.3, 0.4) is 0 Å². The molecule has 0 aliphatic rings. The van der Waals surface area contributed by atoms with Crippen LogP contribution in [0.2, 0.25) is 0 Å². The van der Waals surface area contributed by atoms with E-state index in [1.165, 1.54) is 25.3 Å². The van der Waals surface area contributed by atoms with E-state index in [1.54, 1.807) is 4.90 Å². The van der Waals surface area contributed by atoms with E-state index < -0.39 is 12.6 Å². The highest BCUT2D eigenvalue weighted by Crippen LogP contribution is 2.23. The zero-order valence-electron chi connectivity index (χ0n) is 14.3. The predicted octanol–water partition coefficient (Wildman–Crippen LogP) is 2.61. The first-order valence-electron chi connectivity index (χ1n) is 7.91. The summed E-state index contributed by atoms with van der Waals surface area (Å²) in [4.78, 5) is 26.0. The molecule has 6 heteroatoms. The third kappa shape index (κ3) is 4.97. The number of amides is 1. The second-order valence-electron chi connectivity index (χ2n) is 5.35. The molecule has 0 fully saturated rings. The fraction of sp³-hybridized carbons (Fsp3) is 0.263. The van der Waals surface area contributed by atoms with E-state index in [2.05, 4.69) is 0 Å². The lowest BCUT2D eigenvalue weighted by molar-refractivity contribution is -0.134. The molecular weight excluding hydrogens is 322 g/mol. The number of nitrogens with zero attached hydrogens (tertiary/aromatic N) is 1. The fourth-order valence-corrected chi connectivity index (χ4v) is 2.28. The molecule has 1 N–H and O–H groups in total. The van der Waals surface area contributed by atoms with E-state index >= 15 is 0 Å². The first-order valence-corrected chi connectivity index (χ1v) is 7.91. The van der Waals surface area contributed by atoms with Crippen molar-refractivity contribution in [1.82, 2.24) is 4.90 Å². The molecule has 0 heterocycles. The van der Waals surface area contributed by atoms with Gasteiger partial charge in [0.05, 0.1) is 7.11 Å². The van der Waals surface area contributed by atoms with Gasteiger partial charge in [0.2, 0.25) is 0 Å². The van der Waals surface area contributed by atoms with Gasteiger partial charge in [-0.25, -0.2) is 4.79 Å². The molecule has 6 nitrogen and oxygen atoms in total. The second-order valence-corrected chi connectivity index (χ2v) is 5.35. The number of hydrogen-bond acceptors (Lipinski definition) is 5. The van der Waals surface area contributed by atoms with Crippen LogP contribution >= 0.6 is 0 Å². The summed E-state index contributed by atoms with van der Waals surface area (Å²) in [6.45, 7) is 2.40. The Kier molecular flexibility index (Phi) is 6.39. The molecule has 0 bridgehead atoms. The molecule has 0 radical (unpaired) electrons. The van der Waals surface area contributed by atoms with Gasteiger partial charge in [0.25, 0.3) is 5.91 Å². The number of esters is 1. The maximum absolute atomic E-state index is 12.3. The summed E-state index contributed by atoms with van der Waals surface area (Å²) >= 11 is 0. The number of phenolic OH excluding ortho intramolecular Hbond substituents is 1. The number of likely N-dealkylation sites (N-methyl/N-ethyl adjacent to an activating group) is 1. The van der Waals surface area contributed by atoms with Gasteiger partial charge in [-0.1, -0.05) is 30.3 Å². The highest BCUT2D eigenvalue weighted by atomic mass is 16.5. The minimum Gasteiger partial charge on any atom is -0.507 e. The van der Waals surface area contributed by atoms with E-state index in [4.69, 9.17) is 9.47 Å². The first-order chi connectivity index (χ1) is 12.0. The summed E-state index contributed by atoms with van der Waals surface area (Å²) < 4.78 is 10.1. The molecule has 0 aliphatic heterocycles. The minimum atomic E-state index is -0.777. The number of phenols is 1. The smallest absolute Gasteiger partial charge is 0.342 e. The van der Waals surface area contributed by atoms with E-state index in [9.17, 15) is 14.7 Å². The molecule has 0 atom stereocenters. The lowest BCUT2D eigenvalue weighted by Gasteiger charge is -2.21. The standard InChI is InChI=1S/C19H21NO5/c1-3-20(12-14-7-5-4-6-8-14)18(22)13-25-19(23)16-11-15(24-2)9-10-17(16)21/h4-11,21H,3,12-13H2,1-2H3. The number of carbonyl (C=O) groups excluding carboxylic acids is 2. The summed E-state index contributed by atoms with van der Waals surface area (Å²) in [5.41, 5.74) is 0.952. The van der Waals surface area contributed by atoms with E-state index in [0.29, 0.717) is 18.8 Å². The molecule has 0 aromatic heterocycles. The molecule has 2 rings (SSSR count). The Morgan fingerprint density at radius 1 is 1.12 bits per heavy atom. The Hall–Kier alpha value is -3.02. The highest BCUT2D eigenvalue weighted by Gasteiger charge is 2.18. The average molecular weight is 343 g/mol. The van der Waals surface area contributed by atoms with Gasteiger partial charge in [0, 0.05) is 13.1 Å². The van der Waals surface area contributed by atoms with Gasteiger partial charge in [-0.05, 0) is 30.7 Å². The molecule has 1 amide bonds. The molecule has 132 valence electrons. The molecule has 0 spiro atoms. The van der Waals surface area contributed by atoms with Crippen molar-refractivity contribution in [3.8, 4) is 11.5 Å². The zero-order chi connectivity index (χ0) is 18.2. The third-order valence-electron chi connectivity index (χ3n) is 3.70.